The molecule has 1 aliphatic rings. The highest BCUT2D eigenvalue weighted by Gasteiger charge is 2.07. The molecule has 0 aliphatic heterocycles. The van der Waals surface area contributed by atoms with Crippen LogP contribution in [0, 0.1) is 0 Å². The number of allylic oxidation sites excluding steroid dienone is 1. The van der Waals surface area contributed by atoms with Crippen LogP contribution in [0.4, 0.5) is 0 Å². The third-order valence-corrected chi connectivity index (χ3v) is 1.99. The fourth-order valence-electron chi connectivity index (χ4n) is 1.23. The van der Waals surface area contributed by atoms with Gasteiger partial charge in [-0.1, -0.05) is 30.3 Å². The van der Waals surface area contributed by atoms with Crippen LogP contribution >= 0.6 is 11.6 Å². The summed E-state index contributed by atoms with van der Waals surface area (Å²) in [6.07, 6.45) is 7.99. The van der Waals surface area contributed by atoms with E-state index in [1.165, 1.54) is 12.8 Å². The lowest BCUT2D eigenvalue weighted by Gasteiger charge is -2.18. The van der Waals surface area contributed by atoms with E-state index in [1.54, 1.807) is 0 Å². The molecule has 0 fully saturated rings. The van der Waals surface area contributed by atoms with E-state index in [0.29, 0.717) is 11.1 Å². The van der Waals surface area contributed by atoms with Crippen LogP contribution in [-0.4, -0.2) is 12.6 Å². The van der Waals surface area contributed by atoms with E-state index in [2.05, 4.69) is 24.0 Å². The van der Waals surface area contributed by atoms with E-state index in [9.17, 15) is 0 Å². The molecule has 1 N–H and O–H groups in total. The Morgan fingerprint density at radius 2 is 2.45 bits per heavy atom. The van der Waals surface area contributed by atoms with Crippen molar-refractivity contribution in [1.82, 2.24) is 5.32 Å². The van der Waals surface area contributed by atoms with E-state index in [-0.39, 0.29) is 0 Å². The highest BCUT2D eigenvalue weighted by molar-refractivity contribution is 6.29. The molecular weight excluding hydrogens is 158 g/mol. The smallest absolute Gasteiger partial charge is 0.0310 e. The molecule has 0 aromatic rings. The molecule has 1 unspecified atom stereocenters. The van der Waals surface area contributed by atoms with Gasteiger partial charge in [-0.3, -0.25) is 0 Å². The molecule has 0 aromatic carbocycles. The van der Waals surface area contributed by atoms with Gasteiger partial charge in [-0.25, -0.2) is 0 Å². The van der Waals surface area contributed by atoms with Gasteiger partial charge in [0.15, 0.2) is 0 Å². The number of rotatable bonds is 3. The van der Waals surface area contributed by atoms with Gasteiger partial charge in [0.05, 0.1) is 0 Å². The zero-order valence-corrected chi connectivity index (χ0v) is 7.40. The molecule has 1 aliphatic carbocycles. The number of hydrogen-bond acceptors (Lipinski definition) is 1. The molecule has 0 aromatic heterocycles. The largest absolute Gasteiger partial charge is 0.309 e. The standard InChI is InChI=1S/C9H14ClN/c1-8(10)7-11-9-5-3-2-4-6-9/h2-3,9,11H,1,4-7H2. The average Bonchev–Trinajstić information content (AvgIpc) is 2.03. The van der Waals surface area contributed by atoms with Gasteiger partial charge in [-0.05, 0) is 19.3 Å². The van der Waals surface area contributed by atoms with Gasteiger partial charge in [-0.2, -0.15) is 0 Å². The van der Waals surface area contributed by atoms with E-state index >= 15 is 0 Å². The van der Waals surface area contributed by atoms with Crippen LogP contribution in [0.3, 0.4) is 0 Å². The first-order valence-corrected chi connectivity index (χ1v) is 4.38. The molecule has 0 amide bonds. The Labute approximate surface area is 73.1 Å². The molecule has 62 valence electrons. The third-order valence-electron chi connectivity index (χ3n) is 1.85. The van der Waals surface area contributed by atoms with E-state index in [0.717, 1.165) is 13.0 Å². The molecule has 1 atom stereocenters. The van der Waals surface area contributed by atoms with Crippen LogP contribution in [0.15, 0.2) is 23.8 Å². The zero-order chi connectivity index (χ0) is 8.10. The predicted molar refractivity (Wildman–Crippen MR) is 49.8 cm³/mol. The Hall–Kier alpha value is -0.270. The van der Waals surface area contributed by atoms with E-state index < -0.39 is 0 Å². The molecule has 0 saturated carbocycles. The highest BCUT2D eigenvalue weighted by Crippen LogP contribution is 2.10. The summed E-state index contributed by atoms with van der Waals surface area (Å²) >= 11 is 5.62. The molecule has 1 nitrogen and oxygen atoms in total. The molecular formula is C9H14ClN. The van der Waals surface area contributed by atoms with E-state index in [4.69, 9.17) is 11.6 Å². The summed E-state index contributed by atoms with van der Waals surface area (Å²) in [6.45, 7) is 4.36. The summed E-state index contributed by atoms with van der Waals surface area (Å²) < 4.78 is 0. The molecule has 11 heavy (non-hydrogen) atoms. The molecule has 0 radical (unpaired) electrons. The second kappa shape index (κ2) is 4.58. The van der Waals surface area contributed by atoms with Crippen molar-refractivity contribution in [2.45, 2.75) is 25.3 Å². The summed E-state index contributed by atoms with van der Waals surface area (Å²) in [4.78, 5) is 0. The summed E-state index contributed by atoms with van der Waals surface area (Å²) in [7, 11) is 0. The molecule has 0 saturated heterocycles. The predicted octanol–water partition coefficient (Wildman–Crippen LogP) is 2.44. The number of hydrogen-bond donors (Lipinski definition) is 1. The first kappa shape index (κ1) is 8.82. The van der Waals surface area contributed by atoms with Crippen LogP contribution in [0.2, 0.25) is 0 Å². The Morgan fingerprint density at radius 1 is 1.64 bits per heavy atom. The zero-order valence-electron chi connectivity index (χ0n) is 6.65. The second-order valence-corrected chi connectivity index (χ2v) is 3.41. The van der Waals surface area contributed by atoms with Crippen LogP contribution in [0.5, 0.6) is 0 Å². The topological polar surface area (TPSA) is 12.0 Å². The van der Waals surface area contributed by atoms with E-state index in [1.807, 2.05) is 0 Å². The van der Waals surface area contributed by atoms with Crippen molar-refractivity contribution >= 4 is 11.6 Å². The minimum Gasteiger partial charge on any atom is -0.309 e. The first-order chi connectivity index (χ1) is 5.29. The van der Waals surface area contributed by atoms with Crippen LogP contribution in [0.1, 0.15) is 19.3 Å². The summed E-state index contributed by atoms with van der Waals surface area (Å²) in [5, 5.41) is 4.03. The maximum absolute atomic E-state index is 5.62. The van der Waals surface area contributed by atoms with Crippen molar-refractivity contribution in [1.29, 1.82) is 0 Å². The van der Waals surface area contributed by atoms with Crippen molar-refractivity contribution in [3.05, 3.63) is 23.8 Å². The lowest BCUT2D eigenvalue weighted by molar-refractivity contribution is 0.497. The third kappa shape index (κ3) is 3.59. The van der Waals surface area contributed by atoms with Gasteiger partial charge in [0, 0.05) is 17.6 Å². The van der Waals surface area contributed by atoms with Gasteiger partial charge >= 0.3 is 0 Å². The van der Waals surface area contributed by atoms with Crippen LogP contribution in [-0.2, 0) is 0 Å². The van der Waals surface area contributed by atoms with Crippen molar-refractivity contribution < 1.29 is 0 Å². The van der Waals surface area contributed by atoms with Crippen molar-refractivity contribution in [2.24, 2.45) is 0 Å². The molecule has 0 spiro atoms. The maximum Gasteiger partial charge on any atom is 0.0310 e. The monoisotopic (exact) mass is 171 g/mol. The molecule has 1 rings (SSSR count). The number of nitrogens with one attached hydrogen (secondary N) is 1. The average molecular weight is 172 g/mol. The van der Waals surface area contributed by atoms with Crippen molar-refractivity contribution in [2.75, 3.05) is 6.54 Å². The minimum absolute atomic E-state index is 0.607. The summed E-state index contributed by atoms with van der Waals surface area (Å²) in [5.74, 6) is 0. The SMILES string of the molecule is C=C(Cl)CNC1CC=CCC1. The van der Waals surface area contributed by atoms with Gasteiger partial charge in [0.2, 0.25) is 0 Å². The fraction of sp³-hybridized carbons (Fsp3) is 0.556. The maximum atomic E-state index is 5.62. The summed E-state index contributed by atoms with van der Waals surface area (Å²) in [6, 6.07) is 0.607. The Kier molecular flexibility index (Phi) is 3.67. The fourth-order valence-corrected chi connectivity index (χ4v) is 1.31. The quantitative estimate of drug-likeness (QED) is 0.644. The summed E-state index contributed by atoms with van der Waals surface area (Å²) in [5.41, 5.74) is 0. The Bertz CT molecular complexity index is 163. The van der Waals surface area contributed by atoms with Gasteiger partial charge in [-0.15, -0.1) is 0 Å². The normalized spacial score (nSPS) is 23.5. The Morgan fingerprint density at radius 3 is 3.00 bits per heavy atom. The second-order valence-electron chi connectivity index (χ2n) is 2.88. The molecule has 2 heteroatoms. The molecule has 0 bridgehead atoms. The van der Waals surface area contributed by atoms with Crippen LogP contribution in [0.25, 0.3) is 0 Å². The minimum atomic E-state index is 0.607. The van der Waals surface area contributed by atoms with Gasteiger partial charge in [0.1, 0.15) is 0 Å². The van der Waals surface area contributed by atoms with Crippen molar-refractivity contribution in [3.63, 3.8) is 0 Å². The molecule has 0 heterocycles. The lowest BCUT2D eigenvalue weighted by Crippen LogP contribution is -2.30. The number of halogens is 1. The van der Waals surface area contributed by atoms with Gasteiger partial charge < -0.3 is 5.32 Å². The van der Waals surface area contributed by atoms with Gasteiger partial charge in [0.25, 0.3) is 0 Å². The van der Waals surface area contributed by atoms with Crippen LogP contribution < -0.4 is 5.32 Å². The first-order valence-electron chi connectivity index (χ1n) is 4.00. The lowest BCUT2D eigenvalue weighted by atomic mass is 10.0. The van der Waals surface area contributed by atoms with Crippen molar-refractivity contribution in [3.8, 4) is 0 Å². The Balaban J connectivity index is 2.16. The highest BCUT2D eigenvalue weighted by atomic mass is 35.5.